The Morgan fingerprint density at radius 3 is 2.55 bits per heavy atom. The second-order valence-corrected chi connectivity index (χ2v) is 7.40. The van der Waals surface area contributed by atoms with Crippen LogP contribution in [0.2, 0.25) is 0 Å². The number of carbonyl (C=O) groups is 2. The van der Waals surface area contributed by atoms with Gasteiger partial charge in [0.1, 0.15) is 0 Å². The number of methoxy groups -OCH3 is 1. The van der Waals surface area contributed by atoms with Gasteiger partial charge in [0.05, 0.1) is 12.8 Å². The number of allylic oxidation sites excluding steroid dienone is 1. The SMILES string of the molecule is C/C=C/c1ccc(OCC(=O)Nc2nc(-c3ccc(NC(C)=O)cc3)cs2)c(OC)c1. The van der Waals surface area contributed by atoms with E-state index in [2.05, 4.69) is 15.6 Å². The van der Waals surface area contributed by atoms with Gasteiger partial charge in [-0.1, -0.05) is 30.4 Å². The standard InChI is InChI=1S/C23H23N3O4S/c1-4-5-16-6-11-20(21(12-16)29-3)30-13-22(28)26-23-25-19(14-31-23)17-7-9-18(10-8-17)24-15(2)27/h4-12,14H,13H2,1-3H3,(H,24,27)(H,25,26,28)/b5-4+. The fourth-order valence-electron chi connectivity index (χ4n) is 2.79. The third-order valence-electron chi connectivity index (χ3n) is 4.16. The number of hydrogen-bond donors (Lipinski definition) is 2. The van der Waals surface area contributed by atoms with Gasteiger partial charge < -0.3 is 14.8 Å². The zero-order valence-electron chi connectivity index (χ0n) is 17.5. The molecule has 0 aliphatic heterocycles. The van der Waals surface area contributed by atoms with Crippen LogP contribution in [-0.2, 0) is 9.59 Å². The molecule has 1 heterocycles. The normalized spacial score (nSPS) is 10.7. The summed E-state index contributed by atoms with van der Waals surface area (Å²) < 4.78 is 11.0. The van der Waals surface area contributed by atoms with E-state index in [0.717, 1.165) is 16.8 Å². The van der Waals surface area contributed by atoms with E-state index in [-0.39, 0.29) is 18.4 Å². The number of nitrogens with zero attached hydrogens (tertiary/aromatic N) is 1. The molecule has 0 bridgehead atoms. The number of nitrogens with one attached hydrogen (secondary N) is 2. The molecule has 1 aromatic heterocycles. The maximum absolute atomic E-state index is 12.3. The smallest absolute Gasteiger partial charge is 0.264 e. The van der Waals surface area contributed by atoms with Crippen LogP contribution >= 0.6 is 11.3 Å². The lowest BCUT2D eigenvalue weighted by molar-refractivity contribution is -0.118. The van der Waals surface area contributed by atoms with E-state index >= 15 is 0 Å². The fourth-order valence-corrected chi connectivity index (χ4v) is 3.53. The highest BCUT2D eigenvalue weighted by Crippen LogP contribution is 2.29. The summed E-state index contributed by atoms with van der Waals surface area (Å²) in [4.78, 5) is 27.8. The van der Waals surface area contributed by atoms with Gasteiger partial charge in [0, 0.05) is 23.6 Å². The summed E-state index contributed by atoms with van der Waals surface area (Å²) in [6, 6.07) is 12.8. The second-order valence-electron chi connectivity index (χ2n) is 6.54. The third kappa shape index (κ3) is 6.16. The number of hydrogen-bond acceptors (Lipinski definition) is 6. The van der Waals surface area contributed by atoms with Gasteiger partial charge in [-0.25, -0.2) is 4.98 Å². The Hall–Kier alpha value is -3.65. The van der Waals surface area contributed by atoms with Crippen molar-refractivity contribution in [2.75, 3.05) is 24.4 Å². The number of rotatable bonds is 8. The number of amides is 2. The molecule has 0 spiro atoms. The molecule has 160 valence electrons. The number of aromatic nitrogens is 1. The van der Waals surface area contributed by atoms with Crippen molar-refractivity contribution >= 4 is 40.0 Å². The Bertz CT molecular complexity index is 1090. The number of benzene rings is 2. The van der Waals surface area contributed by atoms with E-state index in [1.54, 1.807) is 25.3 Å². The topological polar surface area (TPSA) is 89.5 Å². The lowest BCUT2D eigenvalue weighted by Crippen LogP contribution is -2.20. The van der Waals surface area contributed by atoms with Gasteiger partial charge in [0.15, 0.2) is 23.2 Å². The summed E-state index contributed by atoms with van der Waals surface area (Å²) in [6.07, 6.45) is 3.88. The molecule has 0 unspecified atom stereocenters. The molecule has 2 N–H and O–H groups in total. The zero-order chi connectivity index (χ0) is 22.2. The molecule has 3 rings (SSSR count). The Balaban J connectivity index is 1.58. The zero-order valence-corrected chi connectivity index (χ0v) is 18.3. The minimum absolute atomic E-state index is 0.125. The third-order valence-corrected chi connectivity index (χ3v) is 4.91. The monoisotopic (exact) mass is 437 g/mol. The summed E-state index contributed by atoms with van der Waals surface area (Å²) in [5.74, 6) is 0.606. The Morgan fingerprint density at radius 1 is 1.10 bits per heavy atom. The van der Waals surface area contributed by atoms with E-state index in [0.29, 0.717) is 22.3 Å². The summed E-state index contributed by atoms with van der Waals surface area (Å²) in [5, 5.41) is 7.79. The van der Waals surface area contributed by atoms with E-state index < -0.39 is 0 Å². The molecule has 0 aliphatic rings. The molecule has 0 fully saturated rings. The molecule has 2 aromatic carbocycles. The Kier molecular flexibility index (Phi) is 7.40. The fraction of sp³-hybridized carbons (Fsp3) is 0.174. The molecule has 3 aromatic rings. The van der Waals surface area contributed by atoms with Gasteiger partial charge in [-0.2, -0.15) is 0 Å². The van der Waals surface area contributed by atoms with Crippen molar-refractivity contribution in [3.63, 3.8) is 0 Å². The van der Waals surface area contributed by atoms with Crippen LogP contribution in [0.1, 0.15) is 19.4 Å². The van der Waals surface area contributed by atoms with Crippen molar-refractivity contribution in [3.8, 4) is 22.8 Å². The maximum atomic E-state index is 12.3. The average molecular weight is 438 g/mol. The molecule has 31 heavy (non-hydrogen) atoms. The van der Waals surface area contributed by atoms with Crippen LogP contribution in [0.15, 0.2) is 53.9 Å². The second kappa shape index (κ2) is 10.4. The predicted molar refractivity (Wildman–Crippen MR) is 124 cm³/mol. The van der Waals surface area contributed by atoms with Crippen LogP contribution in [0.5, 0.6) is 11.5 Å². The van der Waals surface area contributed by atoms with E-state index in [1.165, 1.54) is 18.3 Å². The molecule has 7 nitrogen and oxygen atoms in total. The van der Waals surface area contributed by atoms with Crippen LogP contribution < -0.4 is 20.1 Å². The largest absolute Gasteiger partial charge is 0.493 e. The highest BCUT2D eigenvalue weighted by Gasteiger charge is 2.11. The van der Waals surface area contributed by atoms with Gasteiger partial charge in [0.25, 0.3) is 5.91 Å². The highest BCUT2D eigenvalue weighted by atomic mass is 32.1. The summed E-state index contributed by atoms with van der Waals surface area (Å²) >= 11 is 1.32. The maximum Gasteiger partial charge on any atom is 0.264 e. The van der Waals surface area contributed by atoms with E-state index in [4.69, 9.17) is 9.47 Å². The molecule has 0 saturated heterocycles. The predicted octanol–water partition coefficient (Wildman–Crippen LogP) is 4.83. The summed E-state index contributed by atoms with van der Waals surface area (Å²) in [6.45, 7) is 3.23. The van der Waals surface area contributed by atoms with Crippen molar-refractivity contribution in [2.45, 2.75) is 13.8 Å². The Labute approximate surface area is 184 Å². The van der Waals surface area contributed by atoms with Crippen LogP contribution in [0.4, 0.5) is 10.8 Å². The first-order chi connectivity index (χ1) is 15.0. The first kappa shape index (κ1) is 22.0. The average Bonchev–Trinajstić information content (AvgIpc) is 3.21. The minimum atomic E-state index is -0.318. The van der Waals surface area contributed by atoms with Crippen LogP contribution in [0, 0.1) is 0 Å². The van der Waals surface area contributed by atoms with Gasteiger partial charge in [-0.05, 0) is 36.8 Å². The molecule has 0 aliphatic carbocycles. The minimum Gasteiger partial charge on any atom is -0.493 e. The van der Waals surface area contributed by atoms with Crippen LogP contribution in [-0.4, -0.2) is 30.5 Å². The van der Waals surface area contributed by atoms with Crippen LogP contribution in [0.3, 0.4) is 0 Å². The molecule has 0 saturated carbocycles. The molecule has 2 amide bonds. The van der Waals surface area contributed by atoms with Crippen molar-refractivity contribution in [1.29, 1.82) is 0 Å². The first-order valence-corrected chi connectivity index (χ1v) is 10.4. The Morgan fingerprint density at radius 2 is 1.87 bits per heavy atom. The van der Waals surface area contributed by atoms with Gasteiger partial charge in [-0.15, -0.1) is 11.3 Å². The molecular formula is C23H23N3O4S. The quantitative estimate of drug-likeness (QED) is 0.527. The number of carbonyl (C=O) groups excluding carboxylic acids is 2. The van der Waals surface area contributed by atoms with E-state index in [9.17, 15) is 9.59 Å². The highest BCUT2D eigenvalue weighted by molar-refractivity contribution is 7.14. The van der Waals surface area contributed by atoms with Gasteiger partial charge in [-0.3, -0.25) is 14.9 Å². The molecule has 0 atom stereocenters. The van der Waals surface area contributed by atoms with Crippen LogP contribution in [0.25, 0.3) is 17.3 Å². The van der Waals surface area contributed by atoms with Crippen molar-refractivity contribution in [2.24, 2.45) is 0 Å². The molecular weight excluding hydrogens is 414 g/mol. The van der Waals surface area contributed by atoms with Crippen molar-refractivity contribution < 1.29 is 19.1 Å². The number of ether oxygens (including phenoxy) is 2. The molecule has 8 heteroatoms. The number of thiazole rings is 1. The van der Waals surface area contributed by atoms with Gasteiger partial charge in [0.2, 0.25) is 5.91 Å². The molecule has 0 radical (unpaired) electrons. The lowest BCUT2D eigenvalue weighted by atomic mass is 10.1. The summed E-state index contributed by atoms with van der Waals surface area (Å²) in [5.41, 5.74) is 3.31. The number of anilines is 2. The first-order valence-electron chi connectivity index (χ1n) is 9.55. The van der Waals surface area contributed by atoms with Crippen molar-refractivity contribution in [3.05, 3.63) is 59.5 Å². The van der Waals surface area contributed by atoms with Gasteiger partial charge >= 0.3 is 0 Å². The van der Waals surface area contributed by atoms with E-state index in [1.807, 2.05) is 48.7 Å². The lowest BCUT2D eigenvalue weighted by Gasteiger charge is -2.11. The summed E-state index contributed by atoms with van der Waals surface area (Å²) in [7, 11) is 1.56. The van der Waals surface area contributed by atoms with Crippen molar-refractivity contribution in [1.82, 2.24) is 4.98 Å².